The molecule has 1 aromatic heterocycles. The number of likely N-dealkylation sites (tertiary alicyclic amines) is 1. The summed E-state index contributed by atoms with van der Waals surface area (Å²) in [7, 11) is 1.72. The van der Waals surface area contributed by atoms with Crippen molar-refractivity contribution in [2.75, 3.05) is 18.8 Å². The molecule has 94 valence electrons. The number of β-amino-alcohol motifs (C(OH)–C–C–N with tert-alkyl or cyclic N) is 1. The predicted octanol–water partition coefficient (Wildman–Crippen LogP) is -0.0107. The summed E-state index contributed by atoms with van der Waals surface area (Å²) in [5.41, 5.74) is 5.63. The first-order valence-electron chi connectivity index (χ1n) is 5.76. The number of rotatable bonds is 3. The number of nitrogen functional groups attached to an aromatic ring is 1. The van der Waals surface area contributed by atoms with E-state index in [4.69, 9.17) is 5.73 Å². The molecule has 0 bridgehead atoms. The third kappa shape index (κ3) is 2.12. The van der Waals surface area contributed by atoms with Crippen molar-refractivity contribution in [3.05, 3.63) is 11.9 Å². The summed E-state index contributed by atoms with van der Waals surface area (Å²) in [6, 6.07) is 0. The Hall–Kier alpha value is -1.56. The molecule has 1 fully saturated rings. The average Bonchev–Trinajstić information content (AvgIpc) is 2.53. The maximum Gasteiger partial charge on any atom is 0.276 e. The number of aromatic nitrogens is 2. The molecule has 3 N–H and O–H groups in total. The van der Waals surface area contributed by atoms with Crippen LogP contribution in [0, 0.1) is 0 Å². The van der Waals surface area contributed by atoms with Crippen LogP contribution in [0.2, 0.25) is 0 Å². The molecule has 0 saturated carbocycles. The van der Waals surface area contributed by atoms with Crippen LogP contribution in [-0.2, 0) is 7.05 Å². The van der Waals surface area contributed by atoms with Crippen LogP contribution in [0.4, 0.5) is 5.69 Å². The van der Waals surface area contributed by atoms with Gasteiger partial charge in [0.05, 0.1) is 24.4 Å². The zero-order chi connectivity index (χ0) is 12.6. The molecule has 0 spiro atoms. The predicted molar refractivity (Wildman–Crippen MR) is 63.4 cm³/mol. The number of anilines is 1. The van der Waals surface area contributed by atoms with Gasteiger partial charge in [0.15, 0.2) is 5.69 Å². The fourth-order valence-corrected chi connectivity index (χ4v) is 2.25. The van der Waals surface area contributed by atoms with Crippen molar-refractivity contribution in [3.8, 4) is 0 Å². The monoisotopic (exact) mass is 238 g/mol. The smallest absolute Gasteiger partial charge is 0.276 e. The Morgan fingerprint density at radius 1 is 1.65 bits per heavy atom. The van der Waals surface area contributed by atoms with Gasteiger partial charge in [0, 0.05) is 13.2 Å². The highest BCUT2D eigenvalue weighted by Crippen LogP contribution is 2.27. The fraction of sp³-hybridized carbons (Fsp3) is 0.636. The first kappa shape index (κ1) is 11.9. The van der Waals surface area contributed by atoms with Gasteiger partial charge in [0.1, 0.15) is 0 Å². The standard InChI is InChI=1S/C11H18N4O2/c1-3-4-11(17)6-15(7-11)10(16)9-8(12)5-14(2)13-9/h5,17H,3-4,6-7,12H2,1-2H3. The van der Waals surface area contributed by atoms with Crippen LogP contribution in [0.1, 0.15) is 30.3 Å². The molecule has 0 aliphatic carbocycles. The molecule has 0 radical (unpaired) electrons. The molecule has 6 heteroatoms. The Kier molecular flexibility index (Phi) is 2.82. The Balaban J connectivity index is 2.02. The minimum Gasteiger partial charge on any atom is -0.396 e. The van der Waals surface area contributed by atoms with Crippen molar-refractivity contribution >= 4 is 11.6 Å². The molecule has 1 aliphatic rings. The van der Waals surface area contributed by atoms with E-state index in [-0.39, 0.29) is 11.6 Å². The van der Waals surface area contributed by atoms with Crippen molar-refractivity contribution in [1.29, 1.82) is 0 Å². The average molecular weight is 238 g/mol. The van der Waals surface area contributed by atoms with Crippen molar-refractivity contribution in [1.82, 2.24) is 14.7 Å². The van der Waals surface area contributed by atoms with Crippen LogP contribution in [-0.4, -0.2) is 44.4 Å². The van der Waals surface area contributed by atoms with Gasteiger partial charge in [-0.05, 0) is 6.42 Å². The number of amides is 1. The summed E-state index contributed by atoms with van der Waals surface area (Å²) in [4.78, 5) is 13.6. The van der Waals surface area contributed by atoms with Crippen molar-refractivity contribution < 1.29 is 9.90 Å². The lowest BCUT2D eigenvalue weighted by atomic mass is 9.89. The maximum absolute atomic E-state index is 12.0. The second-order valence-corrected chi connectivity index (χ2v) is 4.74. The Labute approximate surface area is 100 Å². The second kappa shape index (κ2) is 4.03. The zero-order valence-electron chi connectivity index (χ0n) is 10.2. The van der Waals surface area contributed by atoms with E-state index in [0.717, 1.165) is 6.42 Å². The number of aryl methyl sites for hydroxylation is 1. The SMILES string of the molecule is CCCC1(O)CN(C(=O)c2nn(C)cc2N)C1. The van der Waals surface area contributed by atoms with Gasteiger partial charge in [0.2, 0.25) is 0 Å². The molecule has 2 rings (SSSR count). The van der Waals surface area contributed by atoms with Crippen molar-refractivity contribution in [2.24, 2.45) is 7.05 Å². The van der Waals surface area contributed by atoms with E-state index in [0.29, 0.717) is 25.2 Å². The van der Waals surface area contributed by atoms with Crippen LogP contribution in [0.5, 0.6) is 0 Å². The number of carbonyl (C=O) groups excluding carboxylic acids is 1. The lowest BCUT2D eigenvalue weighted by Crippen LogP contribution is -2.63. The van der Waals surface area contributed by atoms with Crippen molar-refractivity contribution in [2.45, 2.75) is 25.4 Å². The van der Waals surface area contributed by atoms with Crippen LogP contribution < -0.4 is 5.73 Å². The molecule has 2 heterocycles. The molecular formula is C11H18N4O2. The Morgan fingerprint density at radius 2 is 2.29 bits per heavy atom. The second-order valence-electron chi connectivity index (χ2n) is 4.74. The van der Waals surface area contributed by atoms with E-state index in [1.807, 2.05) is 6.92 Å². The number of nitrogens with two attached hydrogens (primary N) is 1. The molecule has 6 nitrogen and oxygen atoms in total. The van der Waals surface area contributed by atoms with Crippen LogP contribution >= 0.6 is 0 Å². The Morgan fingerprint density at radius 3 is 2.76 bits per heavy atom. The minimum atomic E-state index is -0.714. The van der Waals surface area contributed by atoms with Gasteiger partial charge >= 0.3 is 0 Å². The van der Waals surface area contributed by atoms with Gasteiger partial charge in [-0.3, -0.25) is 9.48 Å². The molecular weight excluding hydrogens is 220 g/mol. The van der Waals surface area contributed by atoms with Gasteiger partial charge in [0.25, 0.3) is 5.91 Å². The fourth-order valence-electron chi connectivity index (χ4n) is 2.25. The van der Waals surface area contributed by atoms with Gasteiger partial charge in [-0.25, -0.2) is 0 Å². The Bertz CT molecular complexity index is 435. The first-order valence-corrected chi connectivity index (χ1v) is 5.76. The maximum atomic E-state index is 12.0. The van der Waals surface area contributed by atoms with Gasteiger partial charge in [-0.1, -0.05) is 13.3 Å². The van der Waals surface area contributed by atoms with E-state index in [1.165, 1.54) is 4.68 Å². The van der Waals surface area contributed by atoms with Crippen LogP contribution in [0.15, 0.2) is 6.20 Å². The van der Waals surface area contributed by atoms with Crippen LogP contribution in [0.25, 0.3) is 0 Å². The molecule has 1 aliphatic heterocycles. The van der Waals surface area contributed by atoms with E-state index in [9.17, 15) is 9.90 Å². The topological polar surface area (TPSA) is 84.4 Å². The van der Waals surface area contributed by atoms with Gasteiger partial charge < -0.3 is 15.7 Å². The summed E-state index contributed by atoms with van der Waals surface area (Å²) < 4.78 is 1.51. The summed E-state index contributed by atoms with van der Waals surface area (Å²) >= 11 is 0. The minimum absolute atomic E-state index is 0.205. The summed E-state index contributed by atoms with van der Waals surface area (Å²) in [5.74, 6) is -0.205. The quantitative estimate of drug-likeness (QED) is 0.775. The summed E-state index contributed by atoms with van der Waals surface area (Å²) in [6.45, 7) is 2.75. The van der Waals surface area contributed by atoms with E-state index in [1.54, 1.807) is 18.1 Å². The lowest BCUT2D eigenvalue weighted by molar-refractivity contribution is -0.0861. The molecule has 0 atom stereocenters. The molecule has 1 aromatic rings. The summed E-state index contributed by atoms with van der Waals surface area (Å²) in [6.07, 6.45) is 3.23. The van der Waals surface area contributed by atoms with E-state index in [2.05, 4.69) is 5.10 Å². The number of hydrogen-bond donors (Lipinski definition) is 2. The van der Waals surface area contributed by atoms with E-state index < -0.39 is 5.60 Å². The van der Waals surface area contributed by atoms with Gasteiger partial charge in [-0.15, -0.1) is 0 Å². The highest BCUT2D eigenvalue weighted by atomic mass is 16.3. The van der Waals surface area contributed by atoms with Crippen LogP contribution in [0.3, 0.4) is 0 Å². The highest BCUT2D eigenvalue weighted by molar-refractivity contribution is 5.97. The zero-order valence-corrected chi connectivity index (χ0v) is 10.2. The normalized spacial score (nSPS) is 17.9. The largest absolute Gasteiger partial charge is 0.396 e. The molecule has 17 heavy (non-hydrogen) atoms. The molecule has 1 saturated heterocycles. The third-order valence-electron chi connectivity index (χ3n) is 3.03. The molecule has 1 amide bonds. The highest BCUT2D eigenvalue weighted by Gasteiger charge is 2.43. The molecule has 0 unspecified atom stereocenters. The van der Waals surface area contributed by atoms with Gasteiger partial charge in [-0.2, -0.15) is 5.10 Å². The van der Waals surface area contributed by atoms with Crippen molar-refractivity contribution in [3.63, 3.8) is 0 Å². The molecule has 0 aromatic carbocycles. The number of aliphatic hydroxyl groups is 1. The van der Waals surface area contributed by atoms with E-state index >= 15 is 0 Å². The lowest BCUT2D eigenvalue weighted by Gasteiger charge is -2.46. The number of nitrogens with zero attached hydrogens (tertiary/aromatic N) is 3. The number of hydrogen-bond acceptors (Lipinski definition) is 4. The third-order valence-corrected chi connectivity index (χ3v) is 3.03. The number of carbonyl (C=O) groups is 1. The first-order chi connectivity index (χ1) is 7.95. The summed E-state index contributed by atoms with van der Waals surface area (Å²) in [5, 5.41) is 14.0.